The number of carbonyl (C=O) groups is 1. The zero-order valence-corrected chi connectivity index (χ0v) is 15.1. The molecule has 2 aromatic carbocycles. The first-order valence-electron chi connectivity index (χ1n) is 6.68. The number of carbonyl (C=O) groups excluding carboxylic acids is 1. The zero-order chi connectivity index (χ0) is 17.9. The Morgan fingerprint density at radius 3 is 2.33 bits per heavy atom. The molecule has 0 aromatic heterocycles. The fourth-order valence-electron chi connectivity index (χ4n) is 1.65. The number of halogens is 2. The third-order valence-electron chi connectivity index (χ3n) is 2.96. The van der Waals surface area contributed by atoms with Crippen LogP contribution >= 0.6 is 23.2 Å². The minimum absolute atomic E-state index is 0.00719. The van der Waals surface area contributed by atoms with E-state index in [0.717, 1.165) is 4.31 Å². The van der Waals surface area contributed by atoms with Crippen molar-refractivity contribution in [2.45, 2.75) is 0 Å². The van der Waals surface area contributed by atoms with E-state index < -0.39 is 16.2 Å². The number of amides is 1. The van der Waals surface area contributed by atoms with Gasteiger partial charge in [0.2, 0.25) is 0 Å². The molecular weight excluding hydrogens is 375 g/mol. The third kappa shape index (κ3) is 4.39. The van der Waals surface area contributed by atoms with Crippen LogP contribution in [0, 0.1) is 0 Å². The molecule has 0 aliphatic heterocycles. The Kier molecular flexibility index (Phi) is 5.71. The van der Waals surface area contributed by atoms with E-state index in [2.05, 4.69) is 5.32 Å². The van der Waals surface area contributed by atoms with Crippen molar-refractivity contribution in [1.82, 2.24) is 4.31 Å². The summed E-state index contributed by atoms with van der Waals surface area (Å²) in [6.07, 6.45) is 0. The SMILES string of the molecule is CN(C)S(=O)(=O)Oc1ccc(C(=O)Nc2ccccc2Cl)cc1Cl. The Labute approximate surface area is 150 Å². The fourth-order valence-corrected chi connectivity index (χ4v) is 2.62. The van der Waals surface area contributed by atoms with Crippen LogP contribution in [0.4, 0.5) is 5.69 Å². The summed E-state index contributed by atoms with van der Waals surface area (Å²) in [6, 6.07) is 10.8. The second-order valence-electron chi connectivity index (χ2n) is 4.90. The van der Waals surface area contributed by atoms with Crippen LogP contribution in [-0.2, 0) is 10.3 Å². The van der Waals surface area contributed by atoms with Gasteiger partial charge in [0.25, 0.3) is 5.91 Å². The molecule has 0 atom stereocenters. The lowest BCUT2D eigenvalue weighted by Gasteiger charge is -2.13. The van der Waals surface area contributed by atoms with Gasteiger partial charge in [-0.2, -0.15) is 12.7 Å². The highest BCUT2D eigenvalue weighted by atomic mass is 35.5. The maximum atomic E-state index is 12.2. The van der Waals surface area contributed by atoms with Crippen molar-refractivity contribution < 1.29 is 17.4 Å². The second-order valence-corrected chi connectivity index (χ2v) is 7.47. The molecule has 0 aliphatic rings. The predicted octanol–water partition coefficient (Wildman–Crippen LogP) is 3.43. The molecule has 24 heavy (non-hydrogen) atoms. The molecule has 1 N–H and O–H groups in total. The summed E-state index contributed by atoms with van der Waals surface area (Å²) in [7, 11) is -1.27. The van der Waals surface area contributed by atoms with Crippen molar-refractivity contribution in [2.24, 2.45) is 0 Å². The van der Waals surface area contributed by atoms with Gasteiger partial charge in [-0.3, -0.25) is 4.79 Å². The standard InChI is InChI=1S/C15H14Cl2N2O4S/c1-19(2)24(21,22)23-14-8-7-10(9-12(14)17)15(20)18-13-6-4-3-5-11(13)16/h3-9H,1-2H3,(H,18,20). The summed E-state index contributed by atoms with van der Waals surface area (Å²) in [4.78, 5) is 12.2. The largest absolute Gasteiger partial charge is 0.384 e. The molecule has 6 nitrogen and oxygen atoms in total. The number of nitrogens with one attached hydrogen (secondary N) is 1. The topological polar surface area (TPSA) is 75.7 Å². The van der Waals surface area contributed by atoms with Gasteiger partial charge in [-0.25, -0.2) is 0 Å². The molecule has 2 rings (SSSR count). The van der Waals surface area contributed by atoms with Gasteiger partial charge >= 0.3 is 10.3 Å². The Morgan fingerprint density at radius 2 is 1.75 bits per heavy atom. The summed E-state index contributed by atoms with van der Waals surface area (Å²) < 4.78 is 29.2. The van der Waals surface area contributed by atoms with Gasteiger partial charge in [-0.1, -0.05) is 35.3 Å². The minimum atomic E-state index is -3.93. The molecular formula is C15H14Cl2N2O4S. The van der Waals surface area contributed by atoms with E-state index >= 15 is 0 Å². The van der Waals surface area contributed by atoms with Crippen LogP contribution in [0.1, 0.15) is 10.4 Å². The van der Waals surface area contributed by atoms with Crippen LogP contribution in [0.15, 0.2) is 42.5 Å². The van der Waals surface area contributed by atoms with Gasteiger partial charge in [-0.05, 0) is 30.3 Å². The minimum Gasteiger partial charge on any atom is -0.369 e. The number of hydrogen-bond acceptors (Lipinski definition) is 4. The zero-order valence-electron chi connectivity index (χ0n) is 12.8. The van der Waals surface area contributed by atoms with Gasteiger partial charge in [0.1, 0.15) is 0 Å². The summed E-state index contributed by atoms with van der Waals surface area (Å²) >= 11 is 12.0. The van der Waals surface area contributed by atoms with Gasteiger partial charge in [0, 0.05) is 19.7 Å². The summed E-state index contributed by atoms with van der Waals surface area (Å²) in [6.45, 7) is 0. The Bertz CT molecular complexity index is 870. The molecule has 0 unspecified atom stereocenters. The molecule has 0 bridgehead atoms. The Morgan fingerprint density at radius 1 is 1.08 bits per heavy atom. The predicted molar refractivity (Wildman–Crippen MR) is 94.1 cm³/mol. The molecule has 0 spiro atoms. The van der Waals surface area contributed by atoms with Crippen molar-refractivity contribution in [2.75, 3.05) is 19.4 Å². The van der Waals surface area contributed by atoms with Gasteiger partial charge in [-0.15, -0.1) is 0 Å². The molecule has 2 aromatic rings. The number of benzene rings is 2. The molecule has 128 valence electrons. The van der Waals surface area contributed by atoms with E-state index in [1.54, 1.807) is 24.3 Å². The Balaban J connectivity index is 2.20. The maximum absolute atomic E-state index is 12.2. The van der Waals surface area contributed by atoms with E-state index in [4.69, 9.17) is 27.4 Å². The first kappa shape index (κ1) is 18.5. The second kappa shape index (κ2) is 7.40. The Hall–Kier alpha value is -1.80. The summed E-state index contributed by atoms with van der Waals surface area (Å²) in [5, 5.41) is 3.03. The molecule has 0 fully saturated rings. The van der Waals surface area contributed by atoms with Crippen LogP contribution in [-0.4, -0.2) is 32.7 Å². The van der Waals surface area contributed by atoms with E-state index in [9.17, 15) is 13.2 Å². The lowest BCUT2D eigenvalue weighted by atomic mass is 10.2. The maximum Gasteiger partial charge on any atom is 0.384 e. The fraction of sp³-hybridized carbons (Fsp3) is 0.133. The lowest BCUT2D eigenvalue weighted by molar-refractivity contribution is 0.102. The molecule has 0 radical (unpaired) electrons. The van der Waals surface area contributed by atoms with Crippen LogP contribution in [0.2, 0.25) is 10.0 Å². The summed E-state index contributed by atoms with van der Waals surface area (Å²) in [5.41, 5.74) is 0.685. The first-order valence-corrected chi connectivity index (χ1v) is 8.80. The van der Waals surface area contributed by atoms with E-state index in [1.165, 1.54) is 32.3 Å². The van der Waals surface area contributed by atoms with Crippen molar-refractivity contribution in [3.05, 3.63) is 58.1 Å². The third-order valence-corrected chi connectivity index (χ3v) is 4.87. The molecule has 0 heterocycles. The summed E-state index contributed by atoms with van der Waals surface area (Å²) in [5.74, 6) is -0.508. The monoisotopic (exact) mass is 388 g/mol. The average Bonchev–Trinajstić information content (AvgIpc) is 2.51. The normalized spacial score (nSPS) is 11.4. The number of anilines is 1. The van der Waals surface area contributed by atoms with Crippen LogP contribution in [0.3, 0.4) is 0 Å². The van der Waals surface area contributed by atoms with Crippen LogP contribution in [0.5, 0.6) is 5.75 Å². The highest BCUT2D eigenvalue weighted by Crippen LogP contribution is 2.28. The molecule has 0 saturated heterocycles. The number of nitrogens with zero attached hydrogens (tertiary/aromatic N) is 1. The van der Waals surface area contributed by atoms with Crippen molar-refractivity contribution >= 4 is 45.1 Å². The number of rotatable bonds is 5. The molecule has 1 amide bonds. The van der Waals surface area contributed by atoms with Gasteiger partial charge in [0.15, 0.2) is 5.75 Å². The lowest BCUT2D eigenvalue weighted by Crippen LogP contribution is -2.27. The quantitative estimate of drug-likeness (QED) is 0.850. The van der Waals surface area contributed by atoms with E-state index in [0.29, 0.717) is 10.7 Å². The smallest absolute Gasteiger partial charge is 0.369 e. The van der Waals surface area contributed by atoms with Crippen molar-refractivity contribution in [3.63, 3.8) is 0 Å². The first-order chi connectivity index (χ1) is 11.2. The molecule has 0 aliphatic carbocycles. The van der Waals surface area contributed by atoms with Gasteiger partial charge < -0.3 is 9.50 Å². The van der Waals surface area contributed by atoms with Gasteiger partial charge in [0.05, 0.1) is 15.7 Å². The number of para-hydroxylation sites is 1. The molecule has 0 saturated carbocycles. The van der Waals surface area contributed by atoms with Crippen LogP contribution < -0.4 is 9.50 Å². The van der Waals surface area contributed by atoms with E-state index in [-0.39, 0.29) is 16.3 Å². The highest BCUT2D eigenvalue weighted by Gasteiger charge is 2.19. The van der Waals surface area contributed by atoms with Crippen molar-refractivity contribution in [3.8, 4) is 5.75 Å². The van der Waals surface area contributed by atoms with Crippen LogP contribution in [0.25, 0.3) is 0 Å². The highest BCUT2D eigenvalue weighted by molar-refractivity contribution is 7.84. The van der Waals surface area contributed by atoms with E-state index in [1.807, 2.05) is 0 Å². The molecule has 9 heteroatoms. The average molecular weight is 389 g/mol. The van der Waals surface area contributed by atoms with Crippen molar-refractivity contribution in [1.29, 1.82) is 0 Å². The number of hydrogen-bond donors (Lipinski definition) is 1.